The number of aryl methyl sites for hydroxylation is 2. The third kappa shape index (κ3) is 3.19. The predicted octanol–water partition coefficient (Wildman–Crippen LogP) is 2.13. The molecule has 6 nitrogen and oxygen atoms in total. The number of anilines is 2. The molecule has 2 aromatic rings. The Hall–Kier alpha value is -2.11. The van der Waals surface area contributed by atoms with Crippen LogP contribution in [0.2, 0.25) is 0 Å². The third-order valence-electron chi connectivity index (χ3n) is 2.28. The number of rotatable bonds is 5. The van der Waals surface area contributed by atoms with Gasteiger partial charge in [0, 0.05) is 18.3 Å². The first-order valence-corrected chi connectivity index (χ1v) is 5.92. The van der Waals surface area contributed by atoms with Crippen LogP contribution in [0.25, 0.3) is 0 Å². The Kier molecular flexibility index (Phi) is 3.76. The number of nitrogens with zero attached hydrogens (tertiary/aromatic N) is 3. The van der Waals surface area contributed by atoms with Crippen LogP contribution in [-0.2, 0) is 6.54 Å². The van der Waals surface area contributed by atoms with E-state index in [0.29, 0.717) is 18.4 Å². The molecule has 0 unspecified atom stereocenters. The summed E-state index contributed by atoms with van der Waals surface area (Å²) >= 11 is 0. The molecule has 0 aliphatic carbocycles. The average molecular weight is 247 g/mol. The van der Waals surface area contributed by atoms with E-state index in [1.807, 2.05) is 26.8 Å². The van der Waals surface area contributed by atoms with Gasteiger partial charge in [-0.25, -0.2) is 9.97 Å². The van der Waals surface area contributed by atoms with Gasteiger partial charge in [-0.1, -0.05) is 0 Å². The molecule has 0 spiro atoms. The minimum absolute atomic E-state index is 0.510. The van der Waals surface area contributed by atoms with Crippen molar-refractivity contribution >= 4 is 11.8 Å². The molecule has 2 N–H and O–H groups in total. The van der Waals surface area contributed by atoms with Gasteiger partial charge in [-0.15, -0.1) is 0 Å². The quantitative estimate of drug-likeness (QED) is 0.843. The molecule has 2 heterocycles. The molecular formula is C12H17N5O. The van der Waals surface area contributed by atoms with Crippen molar-refractivity contribution < 1.29 is 4.42 Å². The molecule has 18 heavy (non-hydrogen) atoms. The number of hydrogen-bond acceptors (Lipinski definition) is 6. The van der Waals surface area contributed by atoms with E-state index >= 15 is 0 Å². The van der Waals surface area contributed by atoms with Crippen molar-refractivity contribution in [2.24, 2.45) is 0 Å². The zero-order chi connectivity index (χ0) is 13.0. The van der Waals surface area contributed by atoms with Gasteiger partial charge in [0.2, 0.25) is 11.8 Å². The van der Waals surface area contributed by atoms with E-state index in [-0.39, 0.29) is 0 Å². The standard InChI is InChI=1S/C12H17N5O/c1-4-13-12-16-8(2)5-10(17-12)14-7-11-15-6-9(3)18-11/h5-6H,4,7H2,1-3H3,(H2,13,14,16,17). The molecule has 0 aliphatic heterocycles. The Balaban J connectivity index is 2.04. The Morgan fingerprint density at radius 1 is 1.22 bits per heavy atom. The lowest BCUT2D eigenvalue weighted by molar-refractivity contribution is 0.479. The minimum atomic E-state index is 0.510. The summed E-state index contributed by atoms with van der Waals surface area (Å²) < 4.78 is 5.38. The average Bonchev–Trinajstić information content (AvgIpc) is 2.72. The zero-order valence-corrected chi connectivity index (χ0v) is 10.8. The monoisotopic (exact) mass is 247 g/mol. The molecule has 0 atom stereocenters. The molecule has 0 saturated heterocycles. The van der Waals surface area contributed by atoms with Gasteiger partial charge in [0.05, 0.1) is 12.7 Å². The lowest BCUT2D eigenvalue weighted by Crippen LogP contribution is -2.07. The van der Waals surface area contributed by atoms with Gasteiger partial charge < -0.3 is 15.1 Å². The molecule has 2 aromatic heterocycles. The van der Waals surface area contributed by atoms with E-state index in [9.17, 15) is 0 Å². The second kappa shape index (κ2) is 5.48. The summed E-state index contributed by atoms with van der Waals surface area (Å²) in [6.45, 7) is 7.11. The van der Waals surface area contributed by atoms with Gasteiger partial charge >= 0.3 is 0 Å². The lowest BCUT2D eigenvalue weighted by atomic mass is 10.4. The smallest absolute Gasteiger partial charge is 0.224 e. The number of nitrogens with one attached hydrogen (secondary N) is 2. The van der Waals surface area contributed by atoms with Gasteiger partial charge in [0.25, 0.3) is 0 Å². The normalized spacial score (nSPS) is 10.4. The molecule has 0 saturated carbocycles. The van der Waals surface area contributed by atoms with Crippen molar-refractivity contribution in [1.82, 2.24) is 15.0 Å². The molecule has 96 valence electrons. The summed E-state index contributed by atoms with van der Waals surface area (Å²) in [5.74, 6) is 2.84. The molecule has 0 fully saturated rings. The first kappa shape index (κ1) is 12.3. The highest BCUT2D eigenvalue weighted by molar-refractivity contribution is 5.42. The van der Waals surface area contributed by atoms with Crippen LogP contribution in [0.1, 0.15) is 24.3 Å². The fourth-order valence-corrected chi connectivity index (χ4v) is 1.55. The van der Waals surface area contributed by atoms with Gasteiger partial charge in [0.1, 0.15) is 11.6 Å². The molecule has 0 radical (unpaired) electrons. The highest BCUT2D eigenvalue weighted by Crippen LogP contribution is 2.11. The largest absolute Gasteiger partial charge is 0.444 e. The van der Waals surface area contributed by atoms with Crippen molar-refractivity contribution in [1.29, 1.82) is 0 Å². The second-order valence-corrected chi connectivity index (χ2v) is 3.97. The van der Waals surface area contributed by atoms with Gasteiger partial charge in [-0.3, -0.25) is 0 Å². The van der Waals surface area contributed by atoms with Crippen molar-refractivity contribution in [2.75, 3.05) is 17.2 Å². The van der Waals surface area contributed by atoms with Crippen LogP contribution < -0.4 is 10.6 Å². The summed E-state index contributed by atoms with van der Waals surface area (Å²) in [6, 6.07) is 1.89. The van der Waals surface area contributed by atoms with E-state index < -0.39 is 0 Å². The number of oxazole rings is 1. The Morgan fingerprint density at radius 3 is 2.72 bits per heavy atom. The van der Waals surface area contributed by atoms with Crippen LogP contribution in [0.4, 0.5) is 11.8 Å². The molecular weight excluding hydrogens is 230 g/mol. The maximum atomic E-state index is 5.38. The van der Waals surface area contributed by atoms with E-state index in [1.165, 1.54) is 0 Å². The topological polar surface area (TPSA) is 75.9 Å². The molecule has 0 aliphatic rings. The Bertz CT molecular complexity index is 523. The van der Waals surface area contributed by atoms with E-state index in [2.05, 4.69) is 25.6 Å². The molecule has 0 aromatic carbocycles. The highest BCUT2D eigenvalue weighted by atomic mass is 16.4. The van der Waals surface area contributed by atoms with Crippen LogP contribution >= 0.6 is 0 Å². The fraction of sp³-hybridized carbons (Fsp3) is 0.417. The van der Waals surface area contributed by atoms with Crippen LogP contribution in [0.5, 0.6) is 0 Å². The first-order valence-electron chi connectivity index (χ1n) is 5.92. The summed E-state index contributed by atoms with van der Waals surface area (Å²) in [7, 11) is 0. The molecule has 0 amide bonds. The van der Waals surface area contributed by atoms with E-state index in [4.69, 9.17) is 4.42 Å². The third-order valence-corrected chi connectivity index (χ3v) is 2.28. The Labute approximate surface area is 106 Å². The lowest BCUT2D eigenvalue weighted by Gasteiger charge is -2.07. The van der Waals surface area contributed by atoms with Crippen molar-refractivity contribution in [2.45, 2.75) is 27.3 Å². The van der Waals surface area contributed by atoms with Gasteiger partial charge in [0.15, 0.2) is 0 Å². The SMILES string of the molecule is CCNc1nc(C)cc(NCc2ncc(C)o2)n1. The Morgan fingerprint density at radius 2 is 2.06 bits per heavy atom. The predicted molar refractivity (Wildman–Crippen MR) is 69.5 cm³/mol. The molecule has 2 rings (SSSR count). The maximum absolute atomic E-state index is 5.38. The second-order valence-electron chi connectivity index (χ2n) is 3.97. The first-order chi connectivity index (χ1) is 8.67. The van der Waals surface area contributed by atoms with Crippen molar-refractivity contribution in [3.05, 3.63) is 29.6 Å². The van der Waals surface area contributed by atoms with E-state index in [1.54, 1.807) is 6.20 Å². The molecule has 6 heteroatoms. The number of aromatic nitrogens is 3. The van der Waals surface area contributed by atoms with Crippen molar-refractivity contribution in [3.8, 4) is 0 Å². The summed E-state index contributed by atoms with van der Waals surface area (Å²) in [5.41, 5.74) is 0.909. The van der Waals surface area contributed by atoms with Crippen LogP contribution in [0.3, 0.4) is 0 Å². The van der Waals surface area contributed by atoms with E-state index in [0.717, 1.165) is 23.8 Å². The zero-order valence-electron chi connectivity index (χ0n) is 10.8. The summed E-state index contributed by atoms with van der Waals surface area (Å²) in [5, 5.41) is 6.26. The fourth-order valence-electron chi connectivity index (χ4n) is 1.55. The van der Waals surface area contributed by atoms with Gasteiger partial charge in [-0.05, 0) is 20.8 Å². The number of hydrogen-bond donors (Lipinski definition) is 2. The molecule has 0 bridgehead atoms. The van der Waals surface area contributed by atoms with Gasteiger partial charge in [-0.2, -0.15) is 4.98 Å². The summed E-state index contributed by atoms with van der Waals surface area (Å²) in [4.78, 5) is 12.7. The maximum Gasteiger partial charge on any atom is 0.224 e. The van der Waals surface area contributed by atoms with Crippen LogP contribution in [0.15, 0.2) is 16.7 Å². The van der Waals surface area contributed by atoms with Crippen LogP contribution in [0, 0.1) is 13.8 Å². The highest BCUT2D eigenvalue weighted by Gasteiger charge is 2.03. The minimum Gasteiger partial charge on any atom is -0.444 e. The summed E-state index contributed by atoms with van der Waals surface area (Å²) in [6.07, 6.45) is 1.70. The van der Waals surface area contributed by atoms with Crippen LogP contribution in [-0.4, -0.2) is 21.5 Å². The van der Waals surface area contributed by atoms with Crippen molar-refractivity contribution in [3.63, 3.8) is 0 Å².